The van der Waals surface area contributed by atoms with Gasteiger partial charge in [0.15, 0.2) is 11.5 Å². The number of benzene rings is 3. The van der Waals surface area contributed by atoms with Crippen molar-refractivity contribution in [2.24, 2.45) is 0 Å². The van der Waals surface area contributed by atoms with Gasteiger partial charge in [-0.05, 0) is 42.0 Å². The zero-order chi connectivity index (χ0) is 18.8. The summed E-state index contributed by atoms with van der Waals surface area (Å²) in [4.78, 5) is 14.7. The average Bonchev–Trinajstić information content (AvgIpc) is 2.72. The highest BCUT2D eigenvalue weighted by Crippen LogP contribution is 2.32. The van der Waals surface area contributed by atoms with E-state index in [4.69, 9.17) is 9.47 Å². The molecule has 1 aliphatic heterocycles. The zero-order valence-electron chi connectivity index (χ0n) is 15.4. The van der Waals surface area contributed by atoms with Crippen molar-refractivity contribution in [1.82, 2.24) is 0 Å². The van der Waals surface area contributed by atoms with Gasteiger partial charge in [0.25, 0.3) is 0 Å². The largest absolute Gasteiger partial charge is 0.486 e. The van der Waals surface area contributed by atoms with Gasteiger partial charge in [-0.15, -0.1) is 0 Å². The Morgan fingerprint density at radius 1 is 0.963 bits per heavy atom. The number of anilines is 2. The number of nitrogens with zero attached hydrogens (tertiary/aromatic N) is 1. The van der Waals surface area contributed by atoms with E-state index in [9.17, 15) is 4.79 Å². The van der Waals surface area contributed by atoms with E-state index in [2.05, 4.69) is 29.6 Å². The molecule has 0 aliphatic carbocycles. The Balaban J connectivity index is 1.49. The van der Waals surface area contributed by atoms with Crippen LogP contribution in [0, 0.1) is 0 Å². The molecule has 1 N–H and O–H groups in total. The van der Waals surface area contributed by atoms with Crippen molar-refractivity contribution in [2.45, 2.75) is 13.0 Å². The average molecular weight is 362 g/mol. The lowest BCUT2D eigenvalue weighted by Crippen LogP contribution is -2.39. The number of fused-ring (bicyclic) bond motifs is 2. The van der Waals surface area contributed by atoms with Crippen LogP contribution in [0.4, 0.5) is 11.4 Å². The third-order valence-corrected chi connectivity index (χ3v) is 4.91. The molecular formula is C22H22N2O3. The first-order valence-corrected chi connectivity index (χ1v) is 9.04. The van der Waals surface area contributed by atoms with Crippen molar-refractivity contribution in [1.29, 1.82) is 0 Å². The van der Waals surface area contributed by atoms with Crippen molar-refractivity contribution in [3.63, 3.8) is 0 Å². The van der Waals surface area contributed by atoms with Gasteiger partial charge in [0.1, 0.15) is 19.3 Å². The Morgan fingerprint density at radius 3 is 2.52 bits per heavy atom. The van der Waals surface area contributed by atoms with Crippen molar-refractivity contribution in [3.05, 3.63) is 60.7 Å². The first-order valence-electron chi connectivity index (χ1n) is 9.04. The van der Waals surface area contributed by atoms with E-state index in [1.807, 2.05) is 49.2 Å². The smallest absolute Gasteiger partial charge is 0.246 e. The number of nitrogens with one attached hydrogen (secondary N) is 1. The van der Waals surface area contributed by atoms with Crippen LogP contribution in [-0.4, -0.2) is 32.2 Å². The maximum absolute atomic E-state index is 12.7. The quantitative estimate of drug-likeness (QED) is 0.760. The van der Waals surface area contributed by atoms with E-state index in [-0.39, 0.29) is 11.9 Å². The summed E-state index contributed by atoms with van der Waals surface area (Å²) in [5, 5.41) is 5.30. The zero-order valence-corrected chi connectivity index (χ0v) is 15.4. The summed E-state index contributed by atoms with van der Waals surface area (Å²) in [5.74, 6) is 1.29. The van der Waals surface area contributed by atoms with E-state index in [1.165, 1.54) is 5.39 Å². The highest BCUT2D eigenvalue weighted by Gasteiger charge is 2.20. The van der Waals surface area contributed by atoms with E-state index < -0.39 is 0 Å². The minimum absolute atomic E-state index is 0.0812. The van der Waals surface area contributed by atoms with Gasteiger partial charge in [-0.1, -0.05) is 30.3 Å². The van der Waals surface area contributed by atoms with Crippen LogP contribution in [-0.2, 0) is 4.79 Å². The molecule has 5 nitrogen and oxygen atoms in total. The molecule has 1 atom stereocenters. The summed E-state index contributed by atoms with van der Waals surface area (Å²) >= 11 is 0. The van der Waals surface area contributed by atoms with Gasteiger partial charge in [0.05, 0.1) is 0 Å². The third kappa shape index (κ3) is 3.53. The molecule has 3 aromatic rings. The van der Waals surface area contributed by atoms with Gasteiger partial charge < -0.3 is 19.7 Å². The van der Waals surface area contributed by atoms with Gasteiger partial charge >= 0.3 is 0 Å². The number of likely N-dealkylation sites (N-methyl/N-ethyl adjacent to an activating group) is 1. The maximum atomic E-state index is 12.7. The molecule has 27 heavy (non-hydrogen) atoms. The SMILES string of the molecule is C[C@@H](C(=O)Nc1ccc2c(c1)OCCO2)N(C)c1ccc2ccccc2c1. The molecule has 138 valence electrons. The van der Waals surface area contributed by atoms with Gasteiger partial charge in [0, 0.05) is 24.5 Å². The predicted octanol–water partition coefficient (Wildman–Crippen LogP) is 4.07. The highest BCUT2D eigenvalue weighted by molar-refractivity contribution is 5.97. The standard InChI is InChI=1S/C22H22N2O3/c1-15(24(2)19-9-7-16-5-3-4-6-17(16)13-19)22(25)23-18-8-10-20-21(14-18)27-12-11-26-20/h3-10,13-15H,11-12H2,1-2H3,(H,23,25)/t15-/m0/s1. The lowest BCUT2D eigenvalue weighted by Gasteiger charge is -2.26. The van der Waals surface area contributed by atoms with Crippen LogP contribution in [0.15, 0.2) is 60.7 Å². The van der Waals surface area contributed by atoms with Crippen molar-refractivity contribution < 1.29 is 14.3 Å². The molecule has 0 radical (unpaired) electrons. The number of rotatable bonds is 4. The molecule has 0 fully saturated rings. The monoisotopic (exact) mass is 362 g/mol. The van der Waals surface area contributed by atoms with E-state index in [1.54, 1.807) is 6.07 Å². The predicted molar refractivity (Wildman–Crippen MR) is 108 cm³/mol. The fourth-order valence-corrected chi connectivity index (χ4v) is 3.16. The molecule has 0 saturated heterocycles. The second-order valence-corrected chi connectivity index (χ2v) is 6.67. The van der Waals surface area contributed by atoms with Crippen molar-refractivity contribution in [3.8, 4) is 11.5 Å². The van der Waals surface area contributed by atoms with Crippen LogP contribution in [0.3, 0.4) is 0 Å². The molecule has 0 aromatic heterocycles. The van der Waals surface area contributed by atoms with Gasteiger partial charge in [-0.2, -0.15) is 0 Å². The van der Waals surface area contributed by atoms with Crippen LogP contribution in [0.1, 0.15) is 6.92 Å². The molecule has 0 bridgehead atoms. The molecule has 1 aliphatic rings. The molecule has 0 saturated carbocycles. The minimum Gasteiger partial charge on any atom is -0.486 e. The summed E-state index contributed by atoms with van der Waals surface area (Å²) in [6, 6.07) is 19.5. The number of ether oxygens (including phenoxy) is 2. The normalized spacial score (nSPS) is 13.9. The molecule has 1 heterocycles. The van der Waals surface area contributed by atoms with Gasteiger partial charge in [-0.3, -0.25) is 4.79 Å². The lowest BCUT2D eigenvalue weighted by atomic mass is 10.1. The van der Waals surface area contributed by atoms with E-state index >= 15 is 0 Å². The Morgan fingerprint density at radius 2 is 1.70 bits per heavy atom. The minimum atomic E-state index is -0.334. The number of hydrogen-bond donors (Lipinski definition) is 1. The van der Waals surface area contributed by atoms with Crippen molar-refractivity contribution in [2.75, 3.05) is 30.5 Å². The summed E-state index contributed by atoms with van der Waals surface area (Å²) in [5.41, 5.74) is 1.70. The van der Waals surface area contributed by atoms with Crippen molar-refractivity contribution >= 4 is 28.1 Å². The summed E-state index contributed by atoms with van der Waals surface area (Å²) < 4.78 is 11.1. The first kappa shape index (κ1) is 17.2. The molecule has 4 rings (SSSR count). The molecule has 3 aromatic carbocycles. The Hall–Kier alpha value is -3.21. The molecule has 5 heteroatoms. The Kier molecular flexibility index (Phi) is 4.59. The second kappa shape index (κ2) is 7.19. The fraction of sp³-hybridized carbons (Fsp3) is 0.227. The second-order valence-electron chi connectivity index (χ2n) is 6.67. The molecule has 0 spiro atoms. The molecule has 0 unspecified atom stereocenters. The van der Waals surface area contributed by atoms with Crippen LogP contribution in [0.5, 0.6) is 11.5 Å². The fourth-order valence-electron chi connectivity index (χ4n) is 3.16. The Bertz CT molecular complexity index is 986. The molecule has 1 amide bonds. The maximum Gasteiger partial charge on any atom is 0.246 e. The number of hydrogen-bond acceptors (Lipinski definition) is 4. The lowest BCUT2D eigenvalue weighted by molar-refractivity contribution is -0.117. The summed E-state index contributed by atoms with van der Waals surface area (Å²) in [6.07, 6.45) is 0. The topological polar surface area (TPSA) is 50.8 Å². The van der Waals surface area contributed by atoms with Crippen LogP contribution in [0.2, 0.25) is 0 Å². The van der Waals surface area contributed by atoms with Crippen LogP contribution in [0.25, 0.3) is 10.8 Å². The van der Waals surface area contributed by atoms with Crippen LogP contribution < -0.4 is 19.7 Å². The van der Waals surface area contributed by atoms with Crippen LogP contribution >= 0.6 is 0 Å². The summed E-state index contributed by atoms with van der Waals surface area (Å²) in [6.45, 7) is 2.96. The van der Waals surface area contributed by atoms with E-state index in [0.717, 1.165) is 11.1 Å². The number of amides is 1. The molecular weight excluding hydrogens is 340 g/mol. The first-order chi connectivity index (χ1) is 13.1. The van der Waals surface area contributed by atoms with Gasteiger partial charge in [0.2, 0.25) is 5.91 Å². The highest BCUT2D eigenvalue weighted by atomic mass is 16.6. The van der Waals surface area contributed by atoms with E-state index in [0.29, 0.717) is 30.4 Å². The Labute approximate surface area is 158 Å². The number of carbonyl (C=O) groups is 1. The van der Waals surface area contributed by atoms with Gasteiger partial charge in [-0.25, -0.2) is 0 Å². The summed E-state index contributed by atoms with van der Waals surface area (Å²) in [7, 11) is 1.93. The number of carbonyl (C=O) groups excluding carboxylic acids is 1. The third-order valence-electron chi connectivity index (χ3n) is 4.91.